The van der Waals surface area contributed by atoms with E-state index in [0.29, 0.717) is 5.69 Å². The lowest BCUT2D eigenvalue weighted by atomic mass is 10.1. The molecule has 0 aliphatic heterocycles. The number of aliphatic imine (C=N–C) groups is 2. The number of guanidine groups is 2. The largest absolute Gasteiger partial charge is 0.370 e. The summed E-state index contributed by atoms with van der Waals surface area (Å²) in [6.45, 7) is 3.89. The molecule has 0 bridgehead atoms. The van der Waals surface area contributed by atoms with Crippen molar-refractivity contribution < 1.29 is 0 Å². The number of aryl methyl sites for hydroxylation is 1. The Kier molecular flexibility index (Phi) is 3.60. The second-order valence-electron chi connectivity index (χ2n) is 4.17. The molecule has 0 fully saturated rings. The van der Waals surface area contributed by atoms with E-state index in [0.717, 1.165) is 16.8 Å². The van der Waals surface area contributed by atoms with Crippen LogP contribution in [0.15, 0.2) is 28.4 Å². The molecule has 9 nitrogen and oxygen atoms in total. The van der Waals surface area contributed by atoms with E-state index in [4.69, 9.17) is 17.2 Å². The van der Waals surface area contributed by atoms with Gasteiger partial charge in [-0.3, -0.25) is 0 Å². The molecule has 0 aliphatic carbocycles. The number of hydrogen-bond acceptors (Lipinski definition) is 4. The molecule has 20 heavy (non-hydrogen) atoms. The van der Waals surface area contributed by atoms with Crippen LogP contribution in [-0.2, 0) is 0 Å². The van der Waals surface area contributed by atoms with Gasteiger partial charge in [0.15, 0.2) is 5.96 Å². The van der Waals surface area contributed by atoms with Crippen LogP contribution < -0.4 is 17.2 Å². The van der Waals surface area contributed by atoms with Crippen LogP contribution >= 0.6 is 0 Å². The molecule has 0 spiro atoms. The van der Waals surface area contributed by atoms with Gasteiger partial charge in [-0.2, -0.15) is 4.99 Å². The molecule has 9 heteroatoms. The molecule has 0 saturated heterocycles. The standard InChI is InChI=1S/C11H15N9/c1-6-3-8(20-5-15-18-19-20)4-9(7(6)2)16-11(14)17-10(12)13/h3-5H,1-2H3,(H6,12,13,14,16,17). The maximum atomic E-state index is 5.65. The fraction of sp³-hybridized carbons (Fsp3) is 0.182. The second-order valence-corrected chi connectivity index (χ2v) is 4.17. The molecule has 6 N–H and O–H groups in total. The van der Waals surface area contributed by atoms with Crippen LogP contribution in [0.25, 0.3) is 5.69 Å². The molecule has 104 valence electrons. The van der Waals surface area contributed by atoms with Crippen LogP contribution in [-0.4, -0.2) is 32.1 Å². The van der Waals surface area contributed by atoms with E-state index in [1.807, 2.05) is 19.9 Å². The van der Waals surface area contributed by atoms with E-state index in [2.05, 4.69) is 25.5 Å². The average Bonchev–Trinajstić information content (AvgIpc) is 2.87. The number of nitrogens with two attached hydrogens (primary N) is 3. The Morgan fingerprint density at radius 3 is 2.55 bits per heavy atom. The van der Waals surface area contributed by atoms with Gasteiger partial charge in [-0.1, -0.05) is 0 Å². The number of aromatic nitrogens is 4. The first-order valence-corrected chi connectivity index (χ1v) is 5.76. The Bertz CT molecular complexity index is 665. The van der Waals surface area contributed by atoms with Crippen molar-refractivity contribution in [3.63, 3.8) is 0 Å². The lowest BCUT2D eigenvalue weighted by Gasteiger charge is -2.08. The quantitative estimate of drug-likeness (QED) is 0.496. The Morgan fingerprint density at radius 1 is 1.20 bits per heavy atom. The predicted octanol–water partition coefficient (Wildman–Crippen LogP) is -0.501. The van der Waals surface area contributed by atoms with Crippen LogP contribution in [0.5, 0.6) is 0 Å². The first kappa shape index (κ1) is 13.5. The predicted molar refractivity (Wildman–Crippen MR) is 75.7 cm³/mol. The van der Waals surface area contributed by atoms with Crippen molar-refractivity contribution in [3.8, 4) is 5.69 Å². The Hall–Kier alpha value is -2.97. The van der Waals surface area contributed by atoms with Crippen molar-refractivity contribution in [3.05, 3.63) is 29.6 Å². The summed E-state index contributed by atoms with van der Waals surface area (Å²) in [4.78, 5) is 7.88. The van der Waals surface area contributed by atoms with E-state index in [9.17, 15) is 0 Å². The van der Waals surface area contributed by atoms with Gasteiger partial charge < -0.3 is 17.2 Å². The summed E-state index contributed by atoms with van der Waals surface area (Å²) in [5.74, 6) is -0.154. The number of rotatable bonds is 2. The minimum atomic E-state index is -0.141. The molecule has 1 aromatic heterocycles. The van der Waals surface area contributed by atoms with E-state index >= 15 is 0 Å². The molecule has 2 rings (SSSR count). The van der Waals surface area contributed by atoms with Crippen LogP contribution in [0.3, 0.4) is 0 Å². The topological polar surface area (TPSA) is 146 Å². The van der Waals surface area contributed by atoms with Crippen molar-refractivity contribution in [2.75, 3.05) is 0 Å². The van der Waals surface area contributed by atoms with Gasteiger partial charge in [-0.25, -0.2) is 9.67 Å². The number of benzene rings is 1. The molecule has 0 saturated carbocycles. The molecular weight excluding hydrogens is 258 g/mol. The molecule has 0 unspecified atom stereocenters. The summed E-state index contributed by atoms with van der Waals surface area (Å²) in [6.07, 6.45) is 1.50. The maximum Gasteiger partial charge on any atom is 0.223 e. The summed E-state index contributed by atoms with van der Waals surface area (Å²) in [5.41, 5.74) is 19.6. The minimum Gasteiger partial charge on any atom is -0.370 e. The second kappa shape index (κ2) is 5.34. The van der Waals surface area contributed by atoms with E-state index < -0.39 is 0 Å². The van der Waals surface area contributed by atoms with Crippen molar-refractivity contribution in [1.82, 2.24) is 20.2 Å². The van der Waals surface area contributed by atoms with Crippen molar-refractivity contribution in [2.45, 2.75) is 13.8 Å². The first-order chi connectivity index (χ1) is 9.47. The lowest BCUT2D eigenvalue weighted by Crippen LogP contribution is -2.26. The highest BCUT2D eigenvalue weighted by atomic mass is 15.5. The maximum absolute atomic E-state index is 5.65. The van der Waals surface area contributed by atoms with Gasteiger partial charge in [0.1, 0.15) is 6.33 Å². The fourth-order valence-electron chi connectivity index (χ4n) is 1.63. The van der Waals surface area contributed by atoms with Gasteiger partial charge in [0, 0.05) is 0 Å². The number of tetrazole rings is 1. The third kappa shape index (κ3) is 2.88. The number of hydrogen-bond donors (Lipinski definition) is 3. The molecule has 0 aliphatic rings. The van der Waals surface area contributed by atoms with Crippen molar-refractivity contribution in [1.29, 1.82) is 0 Å². The third-order valence-corrected chi connectivity index (χ3v) is 2.72. The molecule has 0 amide bonds. The van der Waals surface area contributed by atoms with E-state index in [1.165, 1.54) is 11.0 Å². The van der Waals surface area contributed by atoms with Crippen LogP contribution in [0, 0.1) is 13.8 Å². The van der Waals surface area contributed by atoms with E-state index in [1.54, 1.807) is 6.07 Å². The zero-order valence-electron chi connectivity index (χ0n) is 11.1. The van der Waals surface area contributed by atoms with Gasteiger partial charge >= 0.3 is 0 Å². The first-order valence-electron chi connectivity index (χ1n) is 5.76. The molecular formula is C11H15N9. The average molecular weight is 273 g/mol. The van der Waals surface area contributed by atoms with Gasteiger partial charge in [-0.15, -0.1) is 5.10 Å². The van der Waals surface area contributed by atoms with Crippen LogP contribution in [0.4, 0.5) is 5.69 Å². The molecule has 1 aromatic carbocycles. The third-order valence-electron chi connectivity index (χ3n) is 2.72. The highest BCUT2D eigenvalue weighted by Crippen LogP contribution is 2.25. The highest BCUT2D eigenvalue weighted by Gasteiger charge is 2.07. The molecule has 0 radical (unpaired) electrons. The SMILES string of the molecule is Cc1cc(-n2cnnn2)cc(N=C(N)N=C(N)N)c1C. The Labute approximate surface area is 115 Å². The normalized spacial score (nSPS) is 11.4. The van der Waals surface area contributed by atoms with Crippen LogP contribution in [0.2, 0.25) is 0 Å². The fourth-order valence-corrected chi connectivity index (χ4v) is 1.63. The molecule has 1 heterocycles. The van der Waals surface area contributed by atoms with Gasteiger partial charge in [0.2, 0.25) is 5.96 Å². The highest BCUT2D eigenvalue weighted by molar-refractivity contribution is 5.93. The summed E-state index contributed by atoms with van der Waals surface area (Å²) in [7, 11) is 0. The summed E-state index contributed by atoms with van der Waals surface area (Å²) >= 11 is 0. The molecule has 2 aromatic rings. The number of nitrogens with zero attached hydrogens (tertiary/aromatic N) is 6. The summed E-state index contributed by atoms with van der Waals surface area (Å²) < 4.78 is 1.53. The van der Waals surface area contributed by atoms with Gasteiger partial charge in [-0.05, 0) is 47.5 Å². The smallest absolute Gasteiger partial charge is 0.223 e. The zero-order chi connectivity index (χ0) is 14.7. The Balaban J connectivity index is 2.51. The van der Waals surface area contributed by atoms with Gasteiger partial charge in [0.25, 0.3) is 0 Å². The van der Waals surface area contributed by atoms with Crippen molar-refractivity contribution in [2.24, 2.45) is 27.2 Å². The monoisotopic (exact) mass is 273 g/mol. The van der Waals surface area contributed by atoms with E-state index in [-0.39, 0.29) is 11.9 Å². The van der Waals surface area contributed by atoms with Crippen molar-refractivity contribution >= 4 is 17.6 Å². The zero-order valence-corrected chi connectivity index (χ0v) is 11.1. The minimum absolute atomic E-state index is 0.0126. The van der Waals surface area contributed by atoms with Gasteiger partial charge in [0.05, 0.1) is 11.4 Å². The summed E-state index contributed by atoms with van der Waals surface area (Å²) in [5, 5.41) is 11.0. The lowest BCUT2D eigenvalue weighted by molar-refractivity contribution is 0.788. The van der Waals surface area contributed by atoms with Crippen LogP contribution in [0.1, 0.15) is 11.1 Å². The summed E-state index contributed by atoms with van der Waals surface area (Å²) in [6, 6.07) is 3.75. The Morgan fingerprint density at radius 2 is 1.95 bits per heavy atom. The molecule has 0 atom stereocenters.